The number of carbonyl (C=O) groups is 2. The molecule has 2 N–H and O–H groups in total. The maximum absolute atomic E-state index is 11.2. The number of hydrogen-bond acceptors (Lipinski definition) is 4. The third-order valence-electron chi connectivity index (χ3n) is 1.61. The zero-order valence-corrected chi connectivity index (χ0v) is 7.37. The lowest BCUT2D eigenvalue weighted by Crippen LogP contribution is -2.37. The molecule has 0 bridgehead atoms. The van der Waals surface area contributed by atoms with Gasteiger partial charge in [-0.1, -0.05) is 0 Å². The van der Waals surface area contributed by atoms with E-state index in [-0.39, 0.29) is 11.5 Å². The van der Waals surface area contributed by atoms with Crippen LogP contribution in [0.4, 0.5) is 0 Å². The van der Waals surface area contributed by atoms with Crippen LogP contribution in [-0.4, -0.2) is 33.1 Å². The molecule has 1 heterocycles. The molecular weight excluding hydrogens is 172 g/mol. The normalized spacial score (nSPS) is 12.2. The summed E-state index contributed by atoms with van der Waals surface area (Å²) in [5.41, 5.74) is 0.174. The SMILES string of the molecule is CC(=O)C(C)NC(=O)c1cn[nH]n1. The molecule has 0 saturated heterocycles. The molecule has 1 aromatic rings. The number of rotatable bonds is 3. The van der Waals surface area contributed by atoms with E-state index < -0.39 is 11.9 Å². The van der Waals surface area contributed by atoms with Crippen molar-refractivity contribution in [1.82, 2.24) is 20.7 Å². The van der Waals surface area contributed by atoms with E-state index in [2.05, 4.69) is 20.7 Å². The molecule has 0 aliphatic heterocycles. The summed E-state index contributed by atoms with van der Waals surface area (Å²) in [5.74, 6) is -0.506. The first kappa shape index (κ1) is 9.37. The van der Waals surface area contributed by atoms with Crippen molar-refractivity contribution in [1.29, 1.82) is 0 Å². The number of nitrogens with one attached hydrogen (secondary N) is 2. The van der Waals surface area contributed by atoms with Gasteiger partial charge in [-0.05, 0) is 13.8 Å². The van der Waals surface area contributed by atoms with E-state index in [0.717, 1.165) is 0 Å². The second-order valence-electron chi connectivity index (χ2n) is 2.66. The van der Waals surface area contributed by atoms with E-state index >= 15 is 0 Å². The van der Waals surface area contributed by atoms with Crippen LogP contribution in [-0.2, 0) is 4.79 Å². The second kappa shape index (κ2) is 3.79. The minimum absolute atomic E-state index is 0.100. The molecule has 1 aromatic heterocycles. The van der Waals surface area contributed by atoms with Crippen molar-refractivity contribution < 1.29 is 9.59 Å². The lowest BCUT2D eigenvalue weighted by Gasteiger charge is -2.07. The monoisotopic (exact) mass is 182 g/mol. The average molecular weight is 182 g/mol. The fourth-order valence-electron chi connectivity index (χ4n) is 0.683. The van der Waals surface area contributed by atoms with E-state index in [4.69, 9.17) is 0 Å². The van der Waals surface area contributed by atoms with E-state index in [1.165, 1.54) is 13.1 Å². The molecule has 0 spiro atoms. The molecule has 0 radical (unpaired) electrons. The zero-order valence-electron chi connectivity index (χ0n) is 7.37. The molecule has 0 saturated carbocycles. The van der Waals surface area contributed by atoms with E-state index in [1.54, 1.807) is 6.92 Å². The van der Waals surface area contributed by atoms with Crippen LogP contribution in [0.5, 0.6) is 0 Å². The molecule has 13 heavy (non-hydrogen) atoms. The number of carbonyl (C=O) groups excluding carboxylic acids is 2. The highest BCUT2D eigenvalue weighted by Crippen LogP contribution is 1.91. The Balaban J connectivity index is 2.56. The molecule has 0 aliphatic carbocycles. The number of Topliss-reactive ketones (excluding diaryl/α,β-unsaturated/α-hetero) is 1. The highest BCUT2D eigenvalue weighted by atomic mass is 16.2. The van der Waals surface area contributed by atoms with Crippen molar-refractivity contribution >= 4 is 11.7 Å². The van der Waals surface area contributed by atoms with Crippen molar-refractivity contribution in [2.24, 2.45) is 0 Å². The molecule has 6 heteroatoms. The van der Waals surface area contributed by atoms with E-state index in [9.17, 15) is 9.59 Å². The van der Waals surface area contributed by atoms with Crippen LogP contribution < -0.4 is 5.32 Å². The molecule has 1 amide bonds. The van der Waals surface area contributed by atoms with Gasteiger partial charge in [0.25, 0.3) is 5.91 Å². The first-order valence-corrected chi connectivity index (χ1v) is 3.78. The molecule has 1 atom stereocenters. The first-order valence-electron chi connectivity index (χ1n) is 3.78. The Labute approximate surface area is 74.7 Å². The van der Waals surface area contributed by atoms with Crippen LogP contribution in [0.15, 0.2) is 6.20 Å². The van der Waals surface area contributed by atoms with Crippen molar-refractivity contribution in [2.45, 2.75) is 19.9 Å². The standard InChI is InChI=1S/C7H10N4O2/c1-4(5(2)12)9-7(13)6-3-8-11-10-6/h3-4H,1-2H3,(H,9,13)(H,8,10,11). The summed E-state index contributed by atoms with van der Waals surface area (Å²) < 4.78 is 0. The lowest BCUT2D eigenvalue weighted by atomic mass is 10.2. The van der Waals surface area contributed by atoms with Crippen LogP contribution in [0, 0.1) is 0 Å². The topological polar surface area (TPSA) is 87.7 Å². The Kier molecular flexibility index (Phi) is 2.73. The smallest absolute Gasteiger partial charge is 0.274 e. The van der Waals surface area contributed by atoms with Gasteiger partial charge in [-0.15, -0.1) is 0 Å². The largest absolute Gasteiger partial charge is 0.341 e. The van der Waals surface area contributed by atoms with Crippen molar-refractivity contribution in [3.63, 3.8) is 0 Å². The van der Waals surface area contributed by atoms with Gasteiger partial charge in [0, 0.05) is 0 Å². The molecular formula is C7H10N4O2. The van der Waals surface area contributed by atoms with Gasteiger partial charge in [-0.3, -0.25) is 9.59 Å². The summed E-state index contributed by atoms with van der Waals surface area (Å²) in [5, 5.41) is 11.8. The third kappa shape index (κ3) is 2.36. The molecule has 1 rings (SSSR count). The molecule has 6 nitrogen and oxygen atoms in total. The predicted molar refractivity (Wildman–Crippen MR) is 44.0 cm³/mol. The Hall–Kier alpha value is -1.72. The van der Waals surface area contributed by atoms with Crippen LogP contribution >= 0.6 is 0 Å². The van der Waals surface area contributed by atoms with Gasteiger partial charge in [-0.2, -0.15) is 15.4 Å². The van der Waals surface area contributed by atoms with E-state index in [1.807, 2.05) is 0 Å². The van der Waals surface area contributed by atoms with E-state index in [0.29, 0.717) is 0 Å². The minimum atomic E-state index is -0.496. The Morgan fingerprint density at radius 1 is 1.62 bits per heavy atom. The van der Waals surface area contributed by atoms with Gasteiger partial charge in [0.1, 0.15) is 0 Å². The minimum Gasteiger partial charge on any atom is -0.341 e. The van der Waals surface area contributed by atoms with Crippen molar-refractivity contribution in [3.05, 3.63) is 11.9 Å². The van der Waals surface area contributed by atoms with Gasteiger partial charge in [0.2, 0.25) is 0 Å². The predicted octanol–water partition coefficient (Wildman–Crippen LogP) is -0.488. The Bertz CT molecular complexity index is 306. The van der Waals surface area contributed by atoms with Crippen LogP contribution in [0.25, 0.3) is 0 Å². The first-order chi connectivity index (χ1) is 6.11. The average Bonchev–Trinajstić information content (AvgIpc) is 2.55. The second-order valence-corrected chi connectivity index (χ2v) is 2.66. The third-order valence-corrected chi connectivity index (χ3v) is 1.61. The zero-order chi connectivity index (χ0) is 9.84. The molecule has 70 valence electrons. The summed E-state index contributed by atoms with van der Waals surface area (Å²) in [4.78, 5) is 22.0. The molecule has 0 aliphatic rings. The van der Waals surface area contributed by atoms with Gasteiger partial charge in [-0.25, -0.2) is 0 Å². The van der Waals surface area contributed by atoms with Gasteiger partial charge < -0.3 is 5.32 Å². The maximum Gasteiger partial charge on any atom is 0.274 e. The fourth-order valence-corrected chi connectivity index (χ4v) is 0.683. The molecule has 1 unspecified atom stereocenters. The Morgan fingerprint density at radius 3 is 2.77 bits per heavy atom. The van der Waals surface area contributed by atoms with Gasteiger partial charge in [0.05, 0.1) is 12.2 Å². The molecule has 0 fully saturated rings. The number of H-pyrrole nitrogens is 1. The Morgan fingerprint density at radius 2 is 2.31 bits per heavy atom. The van der Waals surface area contributed by atoms with Gasteiger partial charge in [0.15, 0.2) is 11.5 Å². The lowest BCUT2D eigenvalue weighted by molar-refractivity contribution is -0.118. The van der Waals surface area contributed by atoms with Crippen LogP contribution in [0.2, 0.25) is 0 Å². The summed E-state index contributed by atoms with van der Waals surface area (Å²) in [6.45, 7) is 3.02. The summed E-state index contributed by atoms with van der Waals surface area (Å²) in [6.07, 6.45) is 1.29. The number of aromatic nitrogens is 3. The quantitative estimate of drug-likeness (QED) is 0.660. The number of nitrogens with zero attached hydrogens (tertiary/aromatic N) is 2. The summed E-state index contributed by atoms with van der Waals surface area (Å²) >= 11 is 0. The number of amides is 1. The highest BCUT2D eigenvalue weighted by molar-refractivity contribution is 5.95. The summed E-state index contributed by atoms with van der Waals surface area (Å²) in [7, 11) is 0. The van der Waals surface area contributed by atoms with Crippen LogP contribution in [0.1, 0.15) is 24.3 Å². The fraction of sp³-hybridized carbons (Fsp3) is 0.429. The number of hydrogen-bond donors (Lipinski definition) is 2. The van der Waals surface area contributed by atoms with Crippen molar-refractivity contribution in [2.75, 3.05) is 0 Å². The van der Waals surface area contributed by atoms with Crippen LogP contribution in [0.3, 0.4) is 0 Å². The van der Waals surface area contributed by atoms with Crippen molar-refractivity contribution in [3.8, 4) is 0 Å². The number of aromatic amines is 1. The number of ketones is 1. The highest BCUT2D eigenvalue weighted by Gasteiger charge is 2.14. The van der Waals surface area contributed by atoms with Gasteiger partial charge >= 0.3 is 0 Å². The molecule has 0 aromatic carbocycles. The maximum atomic E-state index is 11.2. The summed E-state index contributed by atoms with van der Waals surface area (Å²) in [6, 6.07) is -0.496.